The maximum Gasteiger partial charge on any atom is 0.246 e. The third-order valence-corrected chi connectivity index (χ3v) is 6.39. The van der Waals surface area contributed by atoms with Gasteiger partial charge in [0.25, 0.3) is 0 Å². The van der Waals surface area contributed by atoms with E-state index in [0.717, 1.165) is 4.31 Å². The zero-order valence-electron chi connectivity index (χ0n) is 15.0. The van der Waals surface area contributed by atoms with Crippen LogP contribution < -0.4 is 0 Å². The summed E-state index contributed by atoms with van der Waals surface area (Å²) in [5, 5.41) is 0. The largest absolute Gasteiger partial charge is 0.337 e. The van der Waals surface area contributed by atoms with Gasteiger partial charge in [0.05, 0.1) is 0 Å². The van der Waals surface area contributed by atoms with Crippen molar-refractivity contribution < 1.29 is 30.8 Å². The minimum atomic E-state index is -4.40. The molecule has 0 N–H and O–H groups in total. The molecule has 0 spiro atoms. The van der Waals surface area contributed by atoms with Gasteiger partial charge in [0.2, 0.25) is 15.9 Å². The molecule has 1 aliphatic heterocycles. The van der Waals surface area contributed by atoms with Gasteiger partial charge in [-0.1, -0.05) is 18.2 Å². The Morgan fingerprint density at radius 3 is 2.17 bits per heavy atom. The van der Waals surface area contributed by atoms with Crippen molar-refractivity contribution >= 4 is 22.0 Å². The first-order chi connectivity index (χ1) is 13.7. The zero-order chi connectivity index (χ0) is 21.2. The summed E-state index contributed by atoms with van der Waals surface area (Å²) in [6.07, 6.45) is 2.50. The number of hydrogen-bond donors (Lipinski definition) is 0. The highest BCUT2D eigenvalue weighted by molar-refractivity contribution is 7.89. The van der Waals surface area contributed by atoms with Gasteiger partial charge in [-0.3, -0.25) is 4.79 Å². The van der Waals surface area contributed by atoms with E-state index in [-0.39, 0.29) is 31.7 Å². The van der Waals surface area contributed by atoms with Crippen LogP contribution in [0.4, 0.5) is 17.6 Å². The molecule has 1 amide bonds. The molecule has 29 heavy (non-hydrogen) atoms. The van der Waals surface area contributed by atoms with E-state index in [2.05, 4.69) is 0 Å². The molecule has 0 bridgehead atoms. The Morgan fingerprint density at radius 1 is 0.862 bits per heavy atom. The molecule has 0 aliphatic carbocycles. The minimum absolute atomic E-state index is 0.00493. The SMILES string of the molecule is O=C(/C=C/c1ccccc1F)N1CCN(S(=O)(=O)c2ccc(F)c(F)c2F)CC1. The fourth-order valence-corrected chi connectivity index (χ4v) is 4.35. The highest BCUT2D eigenvalue weighted by Gasteiger charge is 2.33. The summed E-state index contributed by atoms with van der Waals surface area (Å²) < 4.78 is 79.9. The maximum atomic E-state index is 13.9. The summed E-state index contributed by atoms with van der Waals surface area (Å²) in [5.41, 5.74) is 0.232. The fraction of sp³-hybridized carbons (Fsp3) is 0.211. The number of amides is 1. The highest BCUT2D eigenvalue weighted by atomic mass is 32.2. The molecule has 0 atom stereocenters. The third kappa shape index (κ3) is 4.33. The van der Waals surface area contributed by atoms with Crippen LogP contribution >= 0.6 is 0 Å². The molecule has 1 aliphatic rings. The molecule has 2 aromatic carbocycles. The van der Waals surface area contributed by atoms with E-state index in [1.807, 2.05) is 0 Å². The number of benzene rings is 2. The summed E-state index contributed by atoms with van der Waals surface area (Å²) in [7, 11) is -4.40. The Balaban J connectivity index is 1.68. The van der Waals surface area contributed by atoms with Crippen LogP contribution in [0.1, 0.15) is 5.56 Å². The maximum absolute atomic E-state index is 13.9. The second-order valence-electron chi connectivity index (χ2n) is 6.26. The Kier molecular flexibility index (Phi) is 6.04. The van der Waals surface area contributed by atoms with Crippen molar-refractivity contribution in [3.63, 3.8) is 0 Å². The van der Waals surface area contributed by atoms with Gasteiger partial charge in [-0.25, -0.2) is 26.0 Å². The van der Waals surface area contributed by atoms with Crippen LogP contribution in [0.5, 0.6) is 0 Å². The molecule has 0 unspecified atom stereocenters. The van der Waals surface area contributed by atoms with Crippen LogP contribution in [0.3, 0.4) is 0 Å². The van der Waals surface area contributed by atoms with Crippen LogP contribution in [0, 0.1) is 23.3 Å². The van der Waals surface area contributed by atoms with Crippen molar-refractivity contribution in [3.8, 4) is 0 Å². The third-order valence-electron chi connectivity index (χ3n) is 4.48. The van der Waals surface area contributed by atoms with Crippen molar-refractivity contribution in [3.05, 3.63) is 71.3 Å². The molecule has 1 fully saturated rings. The Labute approximate surface area is 164 Å². The molecule has 0 saturated carbocycles. The molecule has 0 radical (unpaired) electrons. The number of sulfonamides is 1. The lowest BCUT2D eigenvalue weighted by Crippen LogP contribution is -2.50. The van der Waals surface area contributed by atoms with E-state index in [4.69, 9.17) is 0 Å². The van der Waals surface area contributed by atoms with Crippen LogP contribution in [0.25, 0.3) is 6.08 Å². The van der Waals surface area contributed by atoms with Gasteiger partial charge >= 0.3 is 0 Å². The Hall–Kier alpha value is -2.72. The lowest BCUT2D eigenvalue weighted by molar-refractivity contribution is -0.127. The second kappa shape index (κ2) is 8.34. The number of carbonyl (C=O) groups is 1. The van der Waals surface area contributed by atoms with Crippen molar-refractivity contribution in [2.75, 3.05) is 26.2 Å². The number of piperazine rings is 1. The summed E-state index contributed by atoms with van der Waals surface area (Å²) in [5.74, 6) is -6.06. The van der Waals surface area contributed by atoms with E-state index < -0.39 is 44.1 Å². The smallest absolute Gasteiger partial charge is 0.246 e. The number of hydrogen-bond acceptors (Lipinski definition) is 3. The molecule has 1 saturated heterocycles. The van der Waals surface area contributed by atoms with E-state index >= 15 is 0 Å². The normalized spacial score (nSPS) is 15.8. The van der Waals surface area contributed by atoms with Crippen molar-refractivity contribution in [2.24, 2.45) is 0 Å². The number of halogens is 4. The molecular weight excluding hydrogens is 412 g/mol. The lowest BCUT2D eigenvalue weighted by atomic mass is 10.2. The number of carbonyl (C=O) groups excluding carboxylic acids is 1. The first-order valence-electron chi connectivity index (χ1n) is 8.57. The highest BCUT2D eigenvalue weighted by Crippen LogP contribution is 2.24. The Bertz CT molecular complexity index is 1070. The predicted octanol–water partition coefficient (Wildman–Crippen LogP) is 2.79. The van der Waals surface area contributed by atoms with Gasteiger partial charge in [-0.2, -0.15) is 4.31 Å². The van der Waals surface area contributed by atoms with Gasteiger partial charge in [-0.15, -0.1) is 0 Å². The molecular formula is C19H16F4N2O3S. The molecule has 154 valence electrons. The number of nitrogens with zero attached hydrogens (tertiary/aromatic N) is 2. The van der Waals surface area contributed by atoms with Crippen LogP contribution in [-0.2, 0) is 14.8 Å². The van der Waals surface area contributed by atoms with Crippen LogP contribution in [0.15, 0.2) is 47.4 Å². The standard InChI is InChI=1S/C19H16F4N2O3S/c20-14-4-2-1-3-13(14)5-8-17(26)24-9-11-25(12-10-24)29(27,28)16-7-6-15(21)18(22)19(16)23/h1-8H,9-12H2/b8-5+. The topological polar surface area (TPSA) is 57.7 Å². The monoisotopic (exact) mass is 428 g/mol. The van der Waals surface area contributed by atoms with Crippen LogP contribution in [0.2, 0.25) is 0 Å². The zero-order valence-corrected chi connectivity index (χ0v) is 15.8. The van der Waals surface area contributed by atoms with Gasteiger partial charge in [0.15, 0.2) is 17.5 Å². The van der Waals surface area contributed by atoms with Gasteiger partial charge in [-0.05, 0) is 24.3 Å². The first kappa shape index (κ1) is 21.0. The quantitative estimate of drug-likeness (QED) is 0.428. The summed E-state index contributed by atoms with van der Waals surface area (Å²) in [6, 6.07) is 7.10. The van der Waals surface area contributed by atoms with Crippen molar-refractivity contribution in [2.45, 2.75) is 4.90 Å². The van der Waals surface area contributed by atoms with E-state index in [1.54, 1.807) is 6.07 Å². The predicted molar refractivity (Wildman–Crippen MR) is 97.1 cm³/mol. The molecule has 0 aromatic heterocycles. The minimum Gasteiger partial charge on any atom is -0.337 e. The fourth-order valence-electron chi connectivity index (χ4n) is 2.87. The van der Waals surface area contributed by atoms with Crippen LogP contribution in [-0.4, -0.2) is 49.7 Å². The Morgan fingerprint density at radius 2 is 1.52 bits per heavy atom. The number of rotatable bonds is 4. The average Bonchev–Trinajstić information content (AvgIpc) is 2.71. The first-order valence-corrected chi connectivity index (χ1v) is 10.0. The molecule has 5 nitrogen and oxygen atoms in total. The summed E-state index contributed by atoms with van der Waals surface area (Å²) in [4.78, 5) is 12.6. The second-order valence-corrected chi connectivity index (χ2v) is 8.16. The van der Waals surface area contributed by atoms with E-state index in [0.29, 0.717) is 12.1 Å². The van der Waals surface area contributed by atoms with Gasteiger partial charge in [0, 0.05) is 37.8 Å². The molecule has 3 rings (SSSR count). The van der Waals surface area contributed by atoms with Crippen molar-refractivity contribution in [1.29, 1.82) is 0 Å². The summed E-state index contributed by atoms with van der Waals surface area (Å²) in [6.45, 7) is -0.296. The van der Waals surface area contributed by atoms with Gasteiger partial charge < -0.3 is 4.90 Å². The molecule has 1 heterocycles. The molecule has 10 heteroatoms. The average molecular weight is 428 g/mol. The molecule has 2 aromatic rings. The van der Waals surface area contributed by atoms with E-state index in [9.17, 15) is 30.8 Å². The lowest BCUT2D eigenvalue weighted by Gasteiger charge is -2.33. The van der Waals surface area contributed by atoms with E-state index in [1.165, 1.54) is 35.3 Å². The van der Waals surface area contributed by atoms with Gasteiger partial charge in [0.1, 0.15) is 10.7 Å². The van der Waals surface area contributed by atoms with Crippen molar-refractivity contribution in [1.82, 2.24) is 9.21 Å². The summed E-state index contributed by atoms with van der Waals surface area (Å²) >= 11 is 0.